The van der Waals surface area contributed by atoms with Gasteiger partial charge in [-0.1, -0.05) is 24.6 Å². The average molecular weight is 272 g/mol. The van der Waals surface area contributed by atoms with E-state index in [0.29, 0.717) is 17.2 Å². The topological polar surface area (TPSA) is 21.3 Å². The molecule has 1 aliphatic rings. The normalized spacial score (nSPS) is 21.8. The molecule has 1 aliphatic heterocycles. The molecular weight excluding hydrogens is 253 g/mol. The van der Waals surface area contributed by atoms with E-state index in [2.05, 4.69) is 5.32 Å². The molecule has 1 N–H and O–H groups in total. The minimum atomic E-state index is -0.237. The van der Waals surface area contributed by atoms with Gasteiger partial charge in [-0.15, -0.1) is 0 Å². The number of hydrogen-bond acceptors (Lipinski definition) is 2. The lowest BCUT2D eigenvalue weighted by atomic mass is 9.88. The van der Waals surface area contributed by atoms with E-state index in [1.54, 1.807) is 12.1 Å². The molecule has 0 amide bonds. The van der Waals surface area contributed by atoms with Crippen molar-refractivity contribution in [2.75, 3.05) is 19.8 Å². The standard InChI is InChI=1S/C14H19ClFNO/c1-2-17-14(10-5-4-8-18-9-10)13-11(15)6-3-7-12(13)16/h3,6-7,10,14,17H,2,4-5,8-9H2,1H3. The SMILES string of the molecule is CCNC(c1c(F)cccc1Cl)C1CCCOC1. The lowest BCUT2D eigenvalue weighted by Gasteiger charge is -2.31. The number of halogens is 2. The molecule has 2 nitrogen and oxygen atoms in total. The van der Waals surface area contributed by atoms with Crippen LogP contribution in [-0.4, -0.2) is 19.8 Å². The van der Waals surface area contributed by atoms with Crippen molar-refractivity contribution in [2.24, 2.45) is 5.92 Å². The van der Waals surface area contributed by atoms with Crippen molar-refractivity contribution in [2.45, 2.75) is 25.8 Å². The molecular formula is C14H19ClFNO. The Hall–Kier alpha value is -0.640. The Morgan fingerprint density at radius 1 is 1.56 bits per heavy atom. The maximum Gasteiger partial charge on any atom is 0.129 e. The minimum Gasteiger partial charge on any atom is -0.381 e. The van der Waals surface area contributed by atoms with E-state index >= 15 is 0 Å². The first-order valence-electron chi connectivity index (χ1n) is 6.49. The summed E-state index contributed by atoms with van der Waals surface area (Å²) in [4.78, 5) is 0. The van der Waals surface area contributed by atoms with Crippen molar-refractivity contribution in [1.82, 2.24) is 5.32 Å². The third-order valence-corrected chi connectivity index (χ3v) is 3.73. The lowest BCUT2D eigenvalue weighted by molar-refractivity contribution is 0.0388. The van der Waals surface area contributed by atoms with E-state index in [9.17, 15) is 4.39 Å². The summed E-state index contributed by atoms with van der Waals surface area (Å²) in [5, 5.41) is 3.84. The summed E-state index contributed by atoms with van der Waals surface area (Å²) in [5.74, 6) is 0.0483. The van der Waals surface area contributed by atoms with Crippen molar-refractivity contribution >= 4 is 11.6 Å². The Labute approximate surface area is 112 Å². The second-order valence-corrected chi connectivity index (χ2v) is 5.06. The molecule has 0 spiro atoms. The largest absolute Gasteiger partial charge is 0.381 e. The fourth-order valence-electron chi connectivity index (χ4n) is 2.56. The molecule has 1 saturated heterocycles. The first-order valence-corrected chi connectivity index (χ1v) is 6.87. The van der Waals surface area contributed by atoms with Gasteiger partial charge in [-0.25, -0.2) is 4.39 Å². The van der Waals surface area contributed by atoms with Crippen LogP contribution in [0.5, 0.6) is 0 Å². The molecule has 0 radical (unpaired) electrons. The Kier molecular flexibility index (Phi) is 4.98. The fourth-order valence-corrected chi connectivity index (χ4v) is 2.84. The molecule has 1 aromatic carbocycles. The molecule has 0 aliphatic carbocycles. The smallest absolute Gasteiger partial charge is 0.129 e. The van der Waals surface area contributed by atoms with Crippen molar-refractivity contribution in [3.05, 3.63) is 34.6 Å². The van der Waals surface area contributed by atoms with Crippen LogP contribution in [0.2, 0.25) is 5.02 Å². The van der Waals surface area contributed by atoms with Crippen LogP contribution in [0.25, 0.3) is 0 Å². The molecule has 1 aromatic rings. The quantitative estimate of drug-likeness (QED) is 0.904. The average Bonchev–Trinajstić information content (AvgIpc) is 2.38. The van der Waals surface area contributed by atoms with E-state index in [1.807, 2.05) is 6.92 Å². The summed E-state index contributed by atoms with van der Waals surface area (Å²) in [5.41, 5.74) is 0.580. The van der Waals surface area contributed by atoms with Crippen LogP contribution < -0.4 is 5.32 Å². The van der Waals surface area contributed by atoms with Crippen LogP contribution in [0.3, 0.4) is 0 Å². The van der Waals surface area contributed by atoms with E-state index < -0.39 is 0 Å². The van der Waals surface area contributed by atoms with Gasteiger partial charge in [0.2, 0.25) is 0 Å². The van der Waals surface area contributed by atoms with Crippen LogP contribution in [0.1, 0.15) is 31.4 Å². The molecule has 1 fully saturated rings. The van der Waals surface area contributed by atoms with Gasteiger partial charge in [-0.05, 0) is 31.5 Å². The van der Waals surface area contributed by atoms with Crippen molar-refractivity contribution < 1.29 is 9.13 Å². The monoisotopic (exact) mass is 271 g/mol. The third-order valence-electron chi connectivity index (χ3n) is 3.40. The summed E-state index contributed by atoms with van der Waals surface area (Å²) in [6.45, 7) is 4.28. The van der Waals surface area contributed by atoms with E-state index in [-0.39, 0.29) is 17.8 Å². The van der Waals surface area contributed by atoms with Gasteiger partial charge in [0.05, 0.1) is 6.61 Å². The predicted molar refractivity (Wildman–Crippen MR) is 71.4 cm³/mol. The molecule has 2 unspecified atom stereocenters. The first kappa shape index (κ1) is 13.8. The summed E-state index contributed by atoms with van der Waals surface area (Å²) in [6.07, 6.45) is 2.07. The van der Waals surface area contributed by atoms with E-state index in [4.69, 9.17) is 16.3 Å². The molecule has 0 saturated carbocycles. The Morgan fingerprint density at radius 3 is 3.00 bits per heavy atom. The summed E-state index contributed by atoms with van der Waals surface area (Å²) in [6, 6.07) is 4.79. The highest BCUT2D eigenvalue weighted by Gasteiger charge is 2.28. The Balaban J connectivity index is 2.28. The minimum absolute atomic E-state index is 0.0657. The summed E-state index contributed by atoms with van der Waals surface area (Å²) >= 11 is 6.16. The van der Waals surface area contributed by atoms with Gasteiger partial charge in [0.25, 0.3) is 0 Å². The van der Waals surface area contributed by atoms with Crippen LogP contribution in [0.4, 0.5) is 4.39 Å². The molecule has 2 atom stereocenters. The van der Waals surface area contributed by atoms with Crippen molar-refractivity contribution in [1.29, 1.82) is 0 Å². The Morgan fingerprint density at radius 2 is 2.39 bits per heavy atom. The second-order valence-electron chi connectivity index (χ2n) is 4.65. The zero-order valence-electron chi connectivity index (χ0n) is 10.6. The van der Waals surface area contributed by atoms with Gasteiger partial charge in [0, 0.05) is 29.2 Å². The number of ether oxygens (including phenoxy) is 1. The highest BCUT2D eigenvalue weighted by molar-refractivity contribution is 6.31. The van der Waals surface area contributed by atoms with Crippen LogP contribution >= 0.6 is 11.6 Å². The first-order chi connectivity index (χ1) is 8.74. The van der Waals surface area contributed by atoms with Crippen molar-refractivity contribution in [3.8, 4) is 0 Å². The molecule has 100 valence electrons. The van der Waals surface area contributed by atoms with Crippen molar-refractivity contribution in [3.63, 3.8) is 0 Å². The van der Waals surface area contributed by atoms with Crippen LogP contribution in [0, 0.1) is 11.7 Å². The highest BCUT2D eigenvalue weighted by atomic mass is 35.5. The van der Waals surface area contributed by atoms with Gasteiger partial charge in [0.1, 0.15) is 5.82 Å². The third kappa shape index (κ3) is 3.02. The number of nitrogens with one attached hydrogen (secondary N) is 1. The summed E-state index contributed by atoms with van der Waals surface area (Å²) in [7, 11) is 0. The maximum atomic E-state index is 14.0. The van der Waals surface area contributed by atoms with Gasteiger partial charge in [-0.3, -0.25) is 0 Å². The number of rotatable bonds is 4. The van der Waals surface area contributed by atoms with Gasteiger partial charge in [0.15, 0.2) is 0 Å². The molecule has 4 heteroatoms. The zero-order chi connectivity index (χ0) is 13.0. The van der Waals surface area contributed by atoms with Gasteiger partial charge < -0.3 is 10.1 Å². The fraction of sp³-hybridized carbons (Fsp3) is 0.571. The highest BCUT2D eigenvalue weighted by Crippen LogP contribution is 2.34. The molecule has 2 rings (SSSR count). The second kappa shape index (κ2) is 6.50. The summed E-state index contributed by atoms with van der Waals surface area (Å²) < 4.78 is 19.5. The van der Waals surface area contributed by atoms with Crippen LogP contribution in [-0.2, 0) is 4.74 Å². The number of hydrogen-bond donors (Lipinski definition) is 1. The zero-order valence-corrected chi connectivity index (χ0v) is 11.3. The van der Waals surface area contributed by atoms with E-state index in [1.165, 1.54) is 6.07 Å². The Bertz CT molecular complexity index is 373. The predicted octanol–water partition coefficient (Wildman–Crippen LogP) is 3.56. The molecule has 1 heterocycles. The number of benzene rings is 1. The van der Waals surface area contributed by atoms with Crippen LogP contribution in [0.15, 0.2) is 18.2 Å². The van der Waals surface area contributed by atoms with Gasteiger partial charge >= 0.3 is 0 Å². The molecule has 0 bridgehead atoms. The molecule has 0 aromatic heterocycles. The lowest BCUT2D eigenvalue weighted by Crippen LogP contribution is -2.34. The van der Waals surface area contributed by atoms with Gasteiger partial charge in [-0.2, -0.15) is 0 Å². The molecule has 18 heavy (non-hydrogen) atoms. The van der Waals surface area contributed by atoms with E-state index in [0.717, 1.165) is 26.0 Å². The maximum absolute atomic E-state index is 14.0.